The molecule has 2 aromatic rings. The Balaban J connectivity index is 2.28. The molecule has 1 atom stereocenters. The minimum Gasteiger partial charge on any atom is -0.388 e. The number of halogens is 4. The summed E-state index contributed by atoms with van der Waals surface area (Å²) < 4.78 is 39.4. The van der Waals surface area contributed by atoms with Gasteiger partial charge in [0.2, 0.25) is 0 Å². The minimum atomic E-state index is -1.59. The second-order valence-corrected chi connectivity index (χ2v) is 4.48. The lowest BCUT2D eigenvalue weighted by Crippen LogP contribution is -2.07. The zero-order valence-electron chi connectivity index (χ0n) is 9.71. The van der Waals surface area contributed by atoms with Crippen molar-refractivity contribution in [3.8, 4) is 0 Å². The van der Waals surface area contributed by atoms with Crippen LogP contribution in [-0.4, -0.2) is 5.11 Å². The number of hydrogen-bond acceptors (Lipinski definition) is 1. The Morgan fingerprint density at radius 1 is 1.00 bits per heavy atom. The molecule has 0 aliphatic rings. The predicted molar refractivity (Wildman–Crippen MR) is 66.4 cm³/mol. The molecule has 0 aliphatic carbocycles. The van der Waals surface area contributed by atoms with Crippen LogP contribution >= 0.6 is 11.6 Å². The largest absolute Gasteiger partial charge is 0.388 e. The summed E-state index contributed by atoms with van der Waals surface area (Å²) in [5, 5.41) is 10.3. The predicted octanol–water partition coefficient (Wildman–Crippen LogP) is 4.03. The smallest absolute Gasteiger partial charge is 0.194 e. The highest BCUT2D eigenvalue weighted by molar-refractivity contribution is 6.31. The molecule has 5 heteroatoms. The van der Waals surface area contributed by atoms with E-state index in [-0.39, 0.29) is 12.0 Å². The van der Waals surface area contributed by atoms with Crippen molar-refractivity contribution < 1.29 is 18.3 Å². The first-order valence-electron chi connectivity index (χ1n) is 5.55. The van der Waals surface area contributed by atoms with Crippen LogP contribution in [-0.2, 0) is 6.42 Å². The first kappa shape index (κ1) is 13.9. The summed E-state index contributed by atoms with van der Waals surface area (Å²) in [6.07, 6.45) is -1.28. The normalized spacial score (nSPS) is 12.5. The van der Waals surface area contributed by atoms with Gasteiger partial charge in [-0.3, -0.25) is 0 Å². The Labute approximate surface area is 113 Å². The third-order valence-electron chi connectivity index (χ3n) is 2.80. The van der Waals surface area contributed by atoms with E-state index in [4.69, 9.17) is 11.6 Å². The van der Waals surface area contributed by atoms with Crippen molar-refractivity contribution in [1.82, 2.24) is 0 Å². The summed E-state index contributed by atoms with van der Waals surface area (Å²) in [4.78, 5) is 0. The maximum Gasteiger partial charge on any atom is 0.194 e. The number of rotatable bonds is 3. The van der Waals surface area contributed by atoms with Crippen LogP contribution in [0, 0.1) is 17.5 Å². The summed E-state index contributed by atoms with van der Waals surface area (Å²) in [5.41, 5.74) is 0.305. The first-order chi connectivity index (χ1) is 9.00. The standard InChI is InChI=1S/C14H10ClF3O/c15-10-4-2-1-3-8(10)7-12(19)9-5-6-11(16)14(18)13(9)17/h1-6,12,19H,7H2. The van der Waals surface area contributed by atoms with E-state index in [0.29, 0.717) is 10.6 Å². The van der Waals surface area contributed by atoms with E-state index in [1.165, 1.54) is 0 Å². The van der Waals surface area contributed by atoms with Crippen LogP contribution in [0.25, 0.3) is 0 Å². The van der Waals surface area contributed by atoms with Gasteiger partial charge in [0.25, 0.3) is 0 Å². The molecule has 0 saturated heterocycles. The average molecular weight is 287 g/mol. The van der Waals surface area contributed by atoms with Gasteiger partial charge in [-0.15, -0.1) is 0 Å². The molecule has 19 heavy (non-hydrogen) atoms. The molecule has 0 fully saturated rings. The van der Waals surface area contributed by atoms with Gasteiger partial charge in [-0.2, -0.15) is 0 Å². The lowest BCUT2D eigenvalue weighted by Gasteiger charge is -2.13. The van der Waals surface area contributed by atoms with Gasteiger partial charge in [-0.25, -0.2) is 13.2 Å². The van der Waals surface area contributed by atoms with Crippen molar-refractivity contribution in [2.24, 2.45) is 0 Å². The number of aliphatic hydroxyl groups excluding tert-OH is 1. The molecule has 0 bridgehead atoms. The van der Waals surface area contributed by atoms with Crippen molar-refractivity contribution in [3.05, 3.63) is 70.0 Å². The molecule has 2 aromatic carbocycles. The Morgan fingerprint density at radius 3 is 2.37 bits per heavy atom. The first-order valence-corrected chi connectivity index (χ1v) is 5.93. The van der Waals surface area contributed by atoms with E-state index in [0.717, 1.165) is 12.1 Å². The van der Waals surface area contributed by atoms with Crippen molar-refractivity contribution in [1.29, 1.82) is 0 Å². The Hall–Kier alpha value is -1.52. The molecule has 0 amide bonds. The summed E-state index contributed by atoms with van der Waals surface area (Å²) >= 11 is 5.91. The molecule has 1 N–H and O–H groups in total. The highest BCUT2D eigenvalue weighted by Crippen LogP contribution is 2.26. The molecule has 0 radical (unpaired) electrons. The molecule has 0 aliphatic heterocycles. The van der Waals surface area contributed by atoms with E-state index in [1.54, 1.807) is 24.3 Å². The maximum absolute atomic E-state index is 13.5. The molecule has 2 rings (SSSR count). The van der Waals surface area contributed by atoms with Crippen molar-refractivity contribution >= 4 is 11.6 Å². The summed E-state index contributed by atoms with van der Waals surface area (Å²) in [6.45, 7) is 0. The highest BCUT2D eigenvalue weighted by Gasteiger charge is 2.20. The van der Waals surface area contributed by atoms with Crippen molar-refractivity contribution in [3.63, 3.8) is 0 Å². The highest BCUT2D eigenvalue weighted by atomic mass is 35.5. The van der Waals surface area contributed by atoms with Gasteiger partial charge in [0.15, 0.2) is 17.5 Å². The second kappa shape index (κ2) is 5.63. The number of hydrogen-bond donors (Lipinski definition) is 1. The summed E-state index contributed by atoms with van der Waals surface area (Å²) in [5.74, 6) is -4.25. The van der Waals surface area contributed by atoms with Crippen LogP contribution < -0.4 is 0 Å². The van der Waals surface area contributed by atoms with E-state index in [2.05, 4.69) is 0 Å². The maximum atomic E-state index is 13.5. The number of aliphatic hydroxyl groups is 1. The number of benzene rings is 2. The fraction of sp³-hybridized carbons (Fsp3) is 0.143. The zero-order valence-corrected chi connectivity index (χ0v) is 10.5. The molecule has 0 saturated carbocycles. The summed E-state index contributed by atoms with van der Waals surface area (Å²) in [6, 6.07) is 8.54. The third-order valence-corrected chi connectivity index (χ3v) is 3.16. The van der Waals surface area contributed by atoms with Gasteiger partial charge in [0, 0.05) is 17.0 Å². The Kier molecular flexibility index (Phi) is 4.12. The Morgan fingerprint density at radius 2 is 1.68 bits per heavy atom. The molecule has 1 nitrogen and oxygen atoms in total. The molecule has 1 unspecified atom stereocenters. The van der Waals surface area contributed by atoms with Gasteiger partial charge in [0.1, 0.15) is 0 Å². The lowest BCUT2D eigenvalue weighted by molar-refractivity contribution is 0.172. The third kappa shape index (κ3) is 2.91. The molecular formula is C14H10ClF3O. The summed E-state index contributed by atoms with van der Waals surface area (Å²) in [7, 11) is 0. The fourth-order valence-corrected chi connectivity index (χ4v) is 1.99. The SMILES string of the molecule is OC(Cc1ccccc1Cl)c1ccc(F)c(F)c1F. The van der Waals surface area contributed by atoms with Crippen molar-refractivity contribution in [2.45, 2.75) is 12.5 Å². The fourth-order valence-electron chi connectivity index (χ4n) is 1.78. The monoisotopic (exact) mass is 286 g/mol. The van der Waals surface area contributed by atoms with E-state index in [1.807, 2.05) is 0 Å². The Bertz CT molecular complexity index is 601. The van der Waals surface area contributed by atoms with Crippen LogP contribution in [0.2, 0.25) is 5.02 Å². The van der Waals surface area contributed by atoms with Gasteiger partial charge in [-0.1, -0.05) is 35.9 Å². The van der Waals surface area contributed by atoms with Gasteiger partial charge in [-0.05, 0) is 17.7 Å². The second-order valence-electron chi connectivity index (χ2n) is 4.08. The van der Waals surface area contributed by atoms with Gasteiger partial charge >= 0.3 is 0 Å². The van der Waals surface area contributed by atoms with Crippen LogP contribution in [0.3, 0.4) is 0 Å². The lowest BCUT2D eigenvalue weighted by atomic mass is 10.0. The van der Waals surface area contributed by atoms with Gasteiger partial charge in [0.05, 0.1) is 6.10 Å². The molecule has 0 heterocycles. The minimum absolute atomic E-state index is 0.0155. The van der Waals surface area contributed by atoms with Gasteiger partial charge < -0.3 is 5.11 Å². The molecular weight excluding hydrogens is 277 g/mol. The zero-order chi connectivity index (χ0) is 14.0. The molecule has 0 spiro atoms. The van der Waals surface area contributed by atoms with Crippen LogP contribution in [0.4, 0.5) is 13.2 Å². The van der Waals surface area contributed by atoms with E-state index in [9.17, 15) is 18.3 Å². The van der Waals surface area contributed by atoms with Crippen LogP contribution in [0.15, 0.2) is 36.4 Å². The van der Waals surface area contributed by atoms with E-state index >= 15 is 0 Å². The molecule has 100 valence electrons. The van der Waals surface area contributed by atoms with Crippen LogP contribution in [0.1, 0.15) is 17.2 Å². The average Bonchev–Trinajstić information content (AvgIpc) is 2.39. The molecule has 0 aromatic heterocycles. The van der Waals surface area contributed by atoms with E-state index < -0.39 is 23.6 Å². The quantitative estimate of drug-likeness (QED) is 0.845. The topological polar surface area (TPSA) is 20.2 Å². The van der Waals surface area contributed by atoms with Crippen molar-refractivity contribution in [2.75, 3.05) is 0 Å². The van der Waals surface area contributed by atoms with Crippen LogP contribution in [0.5, 0.6) is 0 Å².